The minimum atomic E-state index is -0.820. The van der Waals surface area contributed by atoms with Crippen LogP contribution >= 0.6 is 15.9 Å². The molecule has 0 saturated heterocycles. The van der Waals surface area contributed by atoms with Crippen molar-refractivity contribution in [2.24, 2.45) is 0 Å². The van der Waals surface area contributed by atoms with Crippen LogP contribution in [0.1, 0.15) is 42.6 Å². The quantitative estimate of drug-likeness (QED) is 0.524. The van der Waals surface area contributed by atoms with E-state index in [1.807, 2.05) is 12.1 Å². The number of aromatic nitrogens is 1. The van der Waals surface area contributed by atoms with Crippen LogP contribution in [0.25, 0.3) is 10.9 Å². The summed E-state index contributed by atoms with van der Waals surface area (Å²) in [4.78, 5) is 26.8. The van der Waals surface area contributed by atoms with Crippen molar-refractivity contribution >= 4 is 38.6 Å². The largest absolute Gasteiger partial charge is 0.460 e. The van der Waals surface area contributed by atoms with E-state index in [0.717, 1.165) is 20.9 Å². The van der Waals surface area contributed by atoms with Gasteiger partial charge in [-0.1, -0.05) is 29.8 Å². The number of aromatic amines is 1. The summed E-state index contributed by atoms with van der Waals surface area (Å²) >= 11 is 3.45. The fourth-order valence-corrected chi connectivity index (χ4v) is 2.65. The topological polar surface area (TPSA) is 59.2 Å². The summed E-state index contributed by atoms with van der Waals surface area (Å²) in [7, 11) is 0. The van der Waals surface area contributed by atoms with E-state index in [0.29, 0.717) is 11.5 Å². The maximum Gasteiger partial charge on any atom is 0.379 e. The lowest BCUT2D eigenvalue weighted by molar-refractivity contribution is -0.137. The summed E-state index contributed by atoms with van der Waals surface area (Å²) in [6.07, 6.45) is 1.57. The number of halogens is 1. The van der Waals surface area contributed by atoms with Gasteiger partial charge in [0.15, 0.2) is 0 Å². The lowest BCUT2D eigenvalue weighted by atomic mass is 9.99. The third kappa shape index (κ3) is 2.63. The molecule has 0 fully saturated rings. The Morgan fingerprint density at radius 1 is 1.35 bits per heavy atom. The number of hydrogen-bond acceptors (Lipinski definition) is 3. The van der Waals surface area contributed by atoms with Gasteiger partial charge >= 0.3 is 5.97 Å². The summed E-state index contributed by atoms with van der Waals surface area (Å²) in [5.41, 5.74) is 2.33. The molecule has 0 amide bonds. The lowest BCUT2D eigenvalue weighted by Gasteiger charge is -2.08. The van der Waals surface area contributed by atoms with Gasteiger partial charge in [0.05, 0.1) is 12.2 Å². The Labute approximate surface area is 125 Å². The maximum atomic E-state index is 12.1. The smallest absolute Gasteiger partial charge is 0.379 e. The molecule has 1 N–H and O–H groups in total. The van der Waals surface area contributed by atoms with E-state index in [4.69, 9.17) is 4.74 Å². The number of carbonyl (C=O) groups excluding carboxylic acids is 2. The van der Waals surface area contributed by atoms with E-state index in [-0.39, 0.29) is 6.61 Å². The number of H-pyrrole nitrogens is 1. The van der Waals surface area contributed by atoms with Crippen LogP contribution in [0, 0.1) is 0 Å². The molecule has 5 heteroatoms. The second-order valence-corrected chi connectivity index (χ2v) is 5.74. The van der Waals surface area contributed by atoms with Gasteiger partial charge in [0.1, 0.15) is 0 Å². The molecule has 0 bridgehead atoms. The molecule has 2 aromatic rings. The van der Waals surface area contributed by atoms with Gasteiger partial charge in [-0.25, -0.2) is 4.79 Å². The summed E-state index contributed by atoms with van der Waals surface area (Å²) in [5.74, 6) is -1.13. The number of nitrogens with one attached hydrogen (secondary N) is 1. The SMILES string of the molecule is CCOC(=O)C(=O)c1c[nH]c2c(C(C)C)cc(Br)cc12. The number of hydrogen-bond donors (Lipinski definition) is 1. The summed E-state index contributed by atoms with van der Waals surface area (Å²) in [5, 5.41) is 0.737. The number of carbonyl (C=O) groups is 2. The molecule has 106 valence electrons. The normalized spacial score (nSPS) is 11.1. The molecule has 4 nitrogen and oxygen atoms in total. The zero-order valence-corrected chi connectivity index (χ0v) is 13.2. The van der Waals surface area contributed by atoms with Crippen molar-refractivity contribution in [3.05, 3.63) is 33.9 Å². The molecule has 20 heavy (non-hydrogen) atoms. The number of Topliss-reactive ketones (excluding diaryl/α,β-unsaturated/α-hetero) is 1. The standard InChI is InChI=1S/C15H16BrNO3/c1-4-20-15(19)14(18)12-7-17-13-10(8(2)3)5-9(16)6-11(12)13/h5-8,17H,4H2,1-3H3. The minimum Gasteiger partial charge on any atom is -0.460 e. The molecule has 0 aliphatic carbocycles. The van der Waals surface area contributed by atoms with Crippen molar-refractivity contribution in [2.75, 3.05) is 6.61 Å². The van der Waals surface area contributed by atoms with E-state index in [1.165, 1.54) is 0 Å². The highest BCUT2D eigenvalue weighted by atomic mass is 79.9. The van der Waals surface area contributed by atoms with Crippen molar-refractivity contribution < 1.29 is 14.3 Å². The first-order chi connectivity index (χ1) is 9.45. The van der Waals surface area contributed by atoms with Crippen LogP contribution in [0.4, 0.5) is 0 Å². The van der Waals surface area contributed by atoms with Gasteiger partial charge in [-0.05, 0) is 30.5 Å². The first-order valence-electron chi connectivity index (χ1n) is 6.47. The third-order valence-electron chi connectivity index (χ3n) is 3.11. The van der Waals surface area contributed by atoms with Crippen LogP contribution < -0.4 is 0 Å². The van der Waals surface area contributed by atoms with Crippen molar-refractivity contribution in [1.29, 1.82) is 0 Å². The van der Waals surface area contributed by atoms with Crippen LogP contribution in [-0.2, 0) is 9.53 Å². The Hall–Kier alpha value is -1.62. The van der Waals surface area contributed by atoms with E-state index in [1.54, 1.807) is 13.1 Å². The van der Waals surface area contributed by atoms with Gasteiger partial charge in [0.25, 0.3) is 5.78 Å². The predicted octanol–water partition coefficient (Wildman–Crippen LogP) is 3.80. The van der Waals surface area contributed by atoms with Crippen LogP contribution in [0.15, 0.2) is 22.8 Å². The molecule has 1 aromatic heterocycles. The molecule has 0 atom stereocenters. The number of ether oxygens (including phenoxy) is 1. The molecule has 0 aliphatic heterocycles. The highest BCUT2D eigenvalue weighted by Crippen LogP contribution is 2.31. The van der Waals surface area contributed by atoms with Crippen LogP contribution in [0.3, 0.4) is 0 Å². The van der Waals surface area contributed by atoms with Crippen molar-refractivity contribution in [3.63, 3.8) is 0 Å². The van der Waals surface area contributed by atoms with E-state index in [2.05, 4.69) is 34.8 Å². The predicted molar refractivity (Wildman–Crippen MR) is 81.1 cm³/mol. The molecule has 0 radical (unpaired) electrons. The number of fused-ring (bicyclic) bond motifs is 1. The average molecular weight is 338 g/mol. The first kappa shape index (κ1) is 14.8. The second-order valence-electron chi connectivity index (χ2n) is 4.82. The van der Waals surface area contributed by atoms with Crippen LogP contribution in [0.5, 0.6) is 0 Å². The molecule has 1 heterocycles. The molecular weight excluding hydrogens is 322 g/mol. The number of esters is 1. The number of benzene rings is 1. The second kappa shape index (κ2) is 5.79. The van der Waals surface area contributed by atoms with Gasteiger partial charge in [0.2, 0.25) is 0 Å². The van der Waals surface area contributed by atoms with Crippen LogP contribution in [0.2, 0.25) is 0 Å². The highest BCUT2D eigenvalue weighted by Gasteiger charge is 2.22. The van der Waals surface area contributed by atoms with E-state index < -0.39 is 11.8 Å². The highest BCUT2D eigenvalue weighted by molar-refractivity contribution is 9.10. The zero-order chi connectivity index (χ0) is 14.9. The summed E-state index contributed by atoms with van der Waals surface area (Å²) in [6, 6.07) is 3.85. The Morgan fingerprint density at radius 3 is 2.65 bits per heavy atom. The first-order valence-corrected chi connectivity index (χ1v) is 7.27. The lowest BCUT2D eigenvalue weighted by Crippen LogP contribution is -2.17. The number of ketones is 1. The zero-order valence-electron chi connectivity index (χ0n) is 11.6. The van der Waals surface area contributed by atoms with E-state index in [9.17, 15) is 9.59 Å². The monoisotopic (exact) mass is 337 g/mol. The van der Waals surface area contributed by atoms with Crippen molar-refractivity contribution in [2.45, 2.75) is 26.7 Å². The van der Waals surface area contributed by atoms with Gasteiger partial charge in [0, 0.05) is 21.6 Å². The maximum absolute atomic E-state index is 12.1. The Bertz CT molecular complexity index is 673. The van der Waals surface area contributed by atoms with Crippen molar-refractivity contribution in [3.8, 4) is 0 Å². The molecule has 0 spiro atoms. The van der Waals surface area contributed by atoms with Gasteiger partial charge < -0.3 is 9.72 Å². The molecular formula is C15H16BrNO3. The Morgan fingerprint density at radius 2 is 2.05 bits per heavy atom. The fraction of sp³-hybridized carbons (Fsp3) is 0.333. The minimum absolute atomic E-state index is 0.188. The number of rotatable bonds is 4. The summed E-state index contributed by atoms with van der Waals surface area (Å²) in [6.45, 7) is 6.02. The van der Waals surface area contributed by atoms with Crippen molar-refractivity contribution in [1.82, 2.24) is 4.98 Å². The Balaban J connectivity index is 2.57. The van der Waals surface area contributed by atoms with E-state index >= 15 is 0 Å². The molecule has 2 rings (SSSR count). The Kier molecular flexibility index (Phi) is 4.28. The molecule has 1 aromatic carbocycles. The van der Waals surface area contributed by atoms with Gasteiger partial charge in [-0.15, -0.1) is 0 Å². The molecule has 0 aliphatic rings. The summed E-state index contributed by atoms with van der Waals surface area (Å²) < 4.78 is 5.65. The average Bonchev–Trinajstić information content (AvgIpc) is 2.80. The van der Waals surface area contributed by atoms with Gasteiger partial charge in [-0.2, -0.15) is 0 Å². The molecule has 0 saturated carbocycles. The molecule has 0 unspecified atom stereocenters. The third-order valence-corrected chi connectivity index (χ3v) is 3.57. The fourth-order valence-electron chi connectivity index (χ4n) is 2.17. The van der Waals surface area contributed by atoms with Crippen LogP contribution in [-0.4, -0.2) is 23.3 Å². The van der Waals surface area contributed by atoms with Gasteiger partial charge in [-0.3, -0.25) is 4.79 Å².